The number of aryl methyl sites for hydroxylation is 2. The SMILES string of the molecule is CCCc1[c]cccc1-c1ccccc1CC. The monoisotopic (exact) mass is 223 g/mol. The third-order valence-electron chi connectivity index (χ3n) is 3.13. The first-order valence-electron chi connectivity index (χ1n) is 6.44. The Morgan fingerprint density at radius 3 is 2.47 bits per heavy atom. The van der Waals surface area contributed by atoms with Gasteiger partial charge in [-0.15, -0.1) is 0 Å². The van der Waals surface area contributed by atoms with Crippen molar-refractivity contribution in [3.05, 3.63) is 59.7 Å². The van der Waals surface area contributed by atoms with Crippen molar-refractivity contribution >= 4 is 0 Å². The summed E-state index contributed by atoms with van der Waals surface area (Å²) in [6.45, 7) is 4.43. The van der Waals surface area contributed by atoms with Gasteiger partial charge < -0.3 is 0 Å². The number of hydrogen-bond donors (Lipinski definition) is 0. The van der Waals surface area contributed by atoms with Gasteiger partial charge in [0.25, 0.3) is 0 Å². The van der Waals surface area contributed by atoms with Crippen molar-refractivity contribution in [2.75, 3.05) is 0 Å². The Balaban J connectivity index is 2.52. The minimum absolute atomic E-state index is 1.08. The lowest BCUT2D eigenvalue weighted by molar-refractivity contribution is 0.921. The van der Waals surface area contributed by atoms with Crippen LogP contribution in [0.4, 0.5) is 0 Å². The second-order valence-electron chi connectivity index (χ2n) is 4.32. The zero-order chi connectivity index (χ0) is 12.1. The minimum Gasteiger partial charge on any atom is -0.0651 e. The summed E-state index contributed by atoms with van der Waals surface area (Å²) in [5.74, 6) is 0. The average molecular weight is 223 g/mol. The zero-order valence-electron chi connectivity index (χ0n) is 10.7. The fraction of sp³-hybridized carbons (Fsp3) is 0.294. The van der Waals surface area contributed by atoms with Crippen molar-refractivity contribution in [3.8, 4) is 11.1 Å². The number of benzene rings is 2. The molecule has 0 saturated heterocycles. The van der Waals surface area contributed by atoms with E-state index in [-0.39, 0.29) is 0 Å². The topological polar surface area (TPSA) is 0 Å². The molecule has 0 nitrogen and oxygen atoms in total. The fourth-order valence-corrected chi connectivity index (χ4v) is 2.27. The molecule has 0 fully saturated rings. The molecule has 1 radical (unpaired) electrons. The Hall–Kier alpha value is -1.56. The van der Waals surface area contributed by atoms with Crippen molar-refractivity contribution < 1.29 is 0 Å². The summed E-state index contributed by atoms with van der Waals surface area (Å²) in [7, 11) is 0. The number of hydrogen-bond acceptors (Lipinski definition) is 0. The van der Waals surface area contributed by atoms with E-state index < -0.39 is 0 Å². The Kier molecular flexibility index (Phi) is 3.98. The van der Waals surface area contributed by atoms with E-state index in [1.165, 1.54) is 28.7 Å². The molecule has 0 aromatic heterocycles. The highest BCUT2D eigenvalue weighted by atomic mass is 14.1. The predicted octanol–water partition coefficient (Wildman–Crippen LogP) is 4.67. The van der Waals surface area contributed by atoms with Crippen molar-refractivity contribution in [1.29, 1.82) is 0 Å². The third kappa shape index (κ3) is 2.58. The molecule has 0 aliphatic heterocycles. The molecule has 2 aromatic carbocycles. The fourth-order valence-electron chi connectivity index (χ4n) is 2.27. The predicted molar refractivity (Wildman–Crippen MR) is 74.1 cm³/mol. The first-order valence-corrected chi connectivity index (χ1v) is 6.44. The van der Waals surface area contributed by atoms with Crippen LogP contribution in [0, 0.1) is 6.07 Å². The third-order valence-corrected chi connectivity index (χ3v) is 3.13. The molecule has 0 unspecified atom stereocenters. The van der Waals surface area contributed by atoms with Gasteiger partial charge in [-0.25, -0.2) is 0 Å². The molecule has 17 heavy (non-hydrogen) atoms. The van der Waals surface area contributed by atoms with Gasteiger partial charge in [0.15, 0.2) is 0 Å². The summed E-state index contributed by atoms with van der Waals surface area (Å²) < 4.78 is 0. The number of rotatable bonds is 4. The van der Waals surface area contributed by atoms with E-state index in [1.54, 1.807) is 0 Å². The first-order chi connectivity index (χ1) is 8.36. The van der Waals surface area contributed by atoms with Gasteiger partial charge in [-0.1, -0.05) is 62.7 Å². The molecule has 2 aromatic rings. The molecule has 0 aliphatic rings. The van der Waals surface area contributed by atoms with Crippen molar-refractivity contribution in [1.82, 2.24) is 0 Å². The molecule has 0 atom stereocenters. The van der Waals surface area contributed by atoms with Crippen LogP contribution in [0.15, 0.2) is 42.5 Å². The molecular formula is C17H19. The van der Waals surface area contributed by atoms with Crippen molar-refractivity contribution in [2.24, 2.45) is 0 Å². The maximum Gasteiger partial charge on any atom is -0.0143 e. The molecule has 0 heteroatoms. The Morgan fingerprint density at radius 2 is 1.71 bits per heavy atom. The van der Waals surface area contributed by atoms with E-state index in [2.05, 4.69) is 56.3 Å². The summed E-state index contributed by atoms with van der Waals surface area (Å²) >= 11 is 0. The van der Waals surface area contributed by atoms with Gasteiger partial charge in [0, 0.05) is 0 Å². The molecule has 0 N–H and O–H groups in total. The van der Waals surface area contributed by atoms with Crippen LogP contribution in [0.5, 0.6) is 0 Å². The van der Waals surface area contributed by atoms with Crippen LogP contribution in [0.1, 0.15) is 31.4 Å². The van der Waals surface area contributed by atoms with Crippen LogP contribution in [0.3, 0.4) is 0 Å². The van der Waals surface area contributed by atoms with Crippen LogP contribution in [0.2, 0.25) is 0 Å². The summed E-state index contributed by atoms with van der Waals surface area (Å²) in [5, 5.41) is 0. The van der Waals surface area contributed by atoms with Crippen LogP contribution in [-0.4, -0.2) is 0 Å². The highest BCUT2D eigenvalue weighted by Crippen LogP contribution is 2.27. The Morgan fingerprint density at radius 1 is 0.941 bits per heavy atom. The molecule has 2 rings (SSSR count). The van der Waals surface area contributed by atoms with Crippen molar-refractivity contribution in [3.63, 3.8) is 0 Å². The summed E-state index contributed by atoms with van der Waals surface area (Å²) in [5.41, 5.74) is 5.49. The molecule has 0 heterocycles. The highest BCUT2D eigenvalue weighted by Gasteiger charge is 2.07. The first kappa shape index (κ1) is 11.9. The van der Waals surface area contributed by atoms with Crippen LogP contribution in [-0.2, 0) is 12.8 Å². The van der Waals surface area contributed by atoms with E-state index in [1.807, 2.05) is 6.07 Å². The maximum absolute atomic E-state index is 3.39. The second kappa shape index (κ2) is 5.67. The molecule has 0 bridgehead atoms. The average Bonchev–Trinajstić information content (AvgIpc) is 2.40. The van der Waals surface area contributed by atoms with Gasteiger partial charge >= 0.3 is 0 Å². The lowest BCUT2D eigenvalue weighted by Gasteiger charge is -2.12. The summed E-state index contributed by atoms with van der Waals surface area (Å²) in [4.78, 5) is 0. The lowest BCUT2D eigenvalue weighted by Crippen LogP contribution is -1.93. The van der Waals surface area contributed by atoms with Crippen LogP contribution in [0.25, 0.3) is 11.1 Å². The molecule has 0 amide bonds. The highest BCUT2D eigenvalue weighted by molar-refractivity contribution is 5.70. The summed E-state index contributed by atoms with van der Waals surface area (Å²) in [6, 6.07) is 18.4. The van der Waals surface area contributed by atoms with Gasteiger partial charge in [-0.05, 0) is 41.2 Å². The van der Waals surface area contributed by atoms with Gasteiger partial charge in [-0.3, -0.25) is 0 Å². The van der Waals surface area contributed by atoms with Gasteiger partial charge in [0.1, 0.15) is 0 Å². The second-order valence-corrected chi connectivity index (χ2v) is 4.32. The minimum atomic E-state index is 1.08. The van der Waals surface area contributed by atoms with E-state index >= 15 is 0 Å². The molecule has 0 spiro atoms. The summed E-state index contributed by atoms with van der Waals surface area (Å²) in [6.07, 6.45) is 3.35. The Bertz CT molecular complexity index is 483. The zero-order valence-corrected chi connectivity index (χ0v) is 10.7. The van der Waals surface area contributed by atoms with Crippen LogP contribution < -0.4 is 0 Å². The maximum atomic E-state index is 3.39. The smallest absolute Gasteiger partial charge is 0.0143 e. The normalized spacial score (nSPS) is 10.5. The van der Waals surface area contributed by atoms with Gasteiger partial charge in [0.05, 0.1) is 0 Å². The van der Waals surface area contributed by atoms with E-state index in [0.717, 1.165) is 12.8 Å². The van der Waals surface area contributed by atoms with E-state index in [9.17, 15) is 0 Å². The molecule has 0 saturated carbocycles. The lowest BCUT2D eigenvalue weighted by atomic mass is 9.93. The molecule has 87 valence electrons. The van der Waals surface area contributed by atoms with E-state index in [4.69, 9.17) is 0 Å². The standard InChI is InChI=1S/C17H19/c1-3-9-15-11-6-8-13-17(15)16-12-7-5-10-14(16)4-2/h5-8,10,12-13H,3-4,9H2,1-2H3. The molecule has 0 aliphatic carbocycles. The Labute approximate surface area is 104 Å². The quantitative estimate of drug-likeness (QED) is 0.706. The van der Waals surface area contributed by atoms with Gasteiger partial charge in [-0.2, -0.15) is 0 Å². The van der Waals surface area contributed by atoms with Gasteiger partial charge in [0.2, 0.25) is 0 Å². The largest absolute Gasteiger partial charge is 0.0651 e. The van der Waals surface area contributed by atoms with Crippen molar-refractivity contribution in [2.45, 2.75) is 33.1 Å². The van der Waals surface area contributed by atoms with Crippen LogP contribution >= 0.6 is 0 Å². The van der Waals surface area contributed by atoms with E-state index in [0.29, 0.717) is 0 Å². The molecular weight excluding hydrogens is 204 g/mol.